The number of rotatable bonds is 2. The Bertz CT molecular complexity index is 487. The first-order chi connectivity index (χ1) is 9.40. The zero-order chi connectivity index (χ0) is 15.1. The molecule has 2 aromatic rings. The van der Waals surface area contributed by atoms with Gasteiger partial charge >= 0.3 is 0 Å². The largest absolute Gasteiger partial charge is 0.258 e. The van der Waals surface area contributed by atoms with Crippen LogP contribution in [0.4, 0.5) is 4.39 Å². The van der Waals surface area contributed by atoms with Crippen molar-refractivity contribution in [1.82, 2.24) is 9.97 Å². The monoisotopic (exact) mass is 290 g/mol. The highest BCUT2D eigenvalue weighted by atomic mass is 19.1. The maximum Gasteiger partial charge on any atom is 0.213 e. The van der Waals surface area contributed by atoms with Crippen molar-refractivity contribution in [3.63, 3.8) is 0 Å². The highest BCUT2D eigenvalue weighted by Crippen LogP contribution is 2.11. The second kappa shape index (κ2) is 9.22. The number of aromatic nitrogens is 2. The van der Waals surface area contributed by atoms with Crippen LogP contribution in [0.1, 0.15) is 64.0 Å². The van der Waals surface area contributed by atoms with Crippen molar-refractivity contribution in [2.45, 2.75) is 53.9 Å². The van der Waals surface area contributed by atoms with Crippen LogP contribution in [-0.4, -0.2) is 9.97 Å². The molecule has 2 nitrogen and oxygen atoms in total. The zero-order valence-electron chi connectivity index (χ0n) is 12.9. The Morgan fingerprint density at radius 3 is 1.62 bits per heavy atom. The Labute approximate surface area is 128 Å². The van der Waals surface area contributed by atoms with Gasteiger partial charge in [-0.2, -0.15) is 4.39 Å². The van der Waals surface area contributed by atoms with Crippen molar-refractivity contribution in [2.75, 3.05) is 0 Å². The minimum absolute atomic E-state index is 0. The van der Waals surface area contributed by atoms with Crippen molar-refractivity contribution >= 4 is 0 Å². The molecular weight excluding hydrogens is 263 g/mol. The fourth-order valence-electron chi connectivity index (χ4n) is 1.63. The fourth-order valence-corrected chi connectivity index (χ4v) is 1.63. The number of pyridine rings is 2. The van der Waals surface area contributed by atoms with E-state index in [1.54, 1.807) is 6.07 Å². The quantitative estimate of drug-likeness (QED) is 0.683. The van der Waals surface area contributed by atoms with Gasteiger partial charge in [0.15, 0.2) is 0 Å². The van der Waals surface area contributed by atoms with Crippen molar-refractivity contribution in [1.29, 1.82) is 0 Å². The highest BCUT2D eigenvalue weighted by molar-refractivity contribution is 5.12. The van der Waals surface area contributed by atoms with Crippen molar-refractivity contribution in [3.8, 4) is 0 Å². The lowest BCUT2D eigenvalue weighted by molar-refractivity contribution is 0.571. The van der Waals surface area contributed by atoms with E-state index in [1.165, 1.54) is 11.8 Å². The average molecular weight is 290 g/mol. The molecule has 0 spiro atoms. The van der Waals surface area contributed by atoms with E-state index in [0.717, 1.165) is 11.4 Å². The standard InChI is InChI=1S/C9H13N.C8H10FN.CH4/c1-7(2)9-6-4-5-8(3)10-9;1-6(2)7-4-3-5-8(9)10-7;/h4-7H,1-3H3;3-6H,1-2H3;1H4. The van der Waals surface area contributed by atoms with Gasteiger partial charge in [-0.15, -0.1) is 0 Å². The predicted octanol–water partition coefficient (Wildman–Crippen LogP) is 5.49. The predicted molar refractivity (Wildman–Crippen MR) is 88.1 cm³/mol. The lowest BCUT2D eigenvalue weighted by Gasteiger charge is -2.03. The van der Waals surface area contributed by atoms with Gasteiger partial charge in [-0.05, 0) is 43.0 Å². The molecule has 2 rings (SSSR count). The molecule has 0 fully saturated rings. The molecule has 0 aliphatic carbocycles. The van der Waals surface area contributed by atoms with Crippen LogP contribution in [0.3, 0.4) is 0 Å². The van der Waals surface area contributed by atoms with Gasteiger partial charge in [0.25, 0.3) is 0 Å². The van der Waals surface area contributed by atoms with E-state index in [1.807, 2.05) is 32.9 Å². The molecule has 0 saturated carbocycles. The number of halogens is 1. The SMILES string of the molecule is C.CC(C)c1cccc(F)n1.Cc1cccc(C(C)C)n1. The first-order valence-electron chi connectivity index (χ1n) is 6.96. The van der Waals surface area contributed by atoms with E-state index in [0.29, 0.717) is 11.8 Å². The van der Waals surface area contributed by atoms with E-state index in [2.05, 4.69) is 35.9 Å². The van der Waals surface area contributed by atoms with E-state index in [-0.39, 0.29) is 7.43 Å². The first kappa shape index (κ1) is 19.2. The van der Waals surface area contributed by atoms with Crippen LogP contribution in [0.5, 0.6) is 0 Å². The molecule has 116 valence electrons. The molecule has 0 amide bonds. The molecule has 21 heavy (non-hydrogen) atoms. The molecule has 0 bridgehead atoms. The molecule has 3 heteroatoms. The molecule has 0 N–H and O–H groups in total. The van der Waals surface area contributed by atoms with Gasteiger partial charge in [0.1, 0.15) is 0 Å². The van der Waals surface area contributed by atoms with E-state index < -0.39 is 5.95 Å². The summed E-state index contributed by atoms with van der Waals surface area (Å²) in [7, 11) is 0. The third-order valence-electron chi connectivity index (χ3n) is 2.83. The van der Waals surface area contributed by atoms with Gasteiger partial charge in [-0.25, -0.2) is 4.98 Å². The summed E-state index contributed by atoms with van der Waals surface area (Å²) in [4.78, 5) is 8.08. The summed E-state index contributed by atoms with van der Waals surface area (Å²) in [5.41, 5.74) is 3.09. The number of hydrogen-bond acceptors (Lipinski definition) is 2. The van der Waals surface area contributed by atoms with E-state index >= 15 is 0 Å². The minimum Gasteiger partial charge on any atom is -0.258 e. The maximum atomic E-state index is 12.4. The summed E-state index contributed by atoms with van der Waals surface area (Å²) in [5, 5.41) is 0. The molecule has 0 unspecified atom stereocenters. The Morgan fingerprint density at radius 2 is 1.29 bits per heavy atom. The maximum absolute atomic E-state index is 12.4. The van der Waals surface area contributed by atoms with Gasteiger partial charge in [-0.3, -0.25) is 4.98 Å². The third kappa shape index (κ3) is 6.98. The van der Waals surface area contributed by atoms with Crippen LogP contribution in [0.25, 0.3) is 0 Å². The van der Waals surface area contributed by atoms with Gasteiger partial charge < -0.3 is 0 Å². The smallest absolute Gasteiger partial charge is 0.213 e. The van der Waals surface area contributed by atoms with Crippen molar-refractivity contribution in [2.24, 2.45) is 0 Å². The Morgan fingerprint density at radius 1 is 0.810 bits per heavy atom. The Balaban J connectivity index is 0.000000364. The minimum atomic E-state index is -0.397. The van der Waals surface area contributed by atoms with Crippen LogP contribution in [0.2, 0.25) is 0 Å². The van der Waals surface area contributed by atoms with Crippen LogP contribution in [0.15, 0.2) is 36.4 Å². The summed E-state index contributed by atoms with van der Waals surface area (Å²) in [5.74, 6) is 0.446. The zero-order valence-corrected chi connectivity index (χ0v) is 12.9. The number of nitrogens with zero attached hydrogens (tertiary/aromatic N) is 2. The van der Waals surface area contributed by atoms with Crippen LogP contribution in [0, 0.1) is 12.9 Å². The van der Waals surface area contributed by atoms with E-state index in [4.69, 9.17) is 0 Å². The molecule has 0 atom stereocenters. The van der Waals surface area contributed by atoms with Gasteiger partial charge in [0.2, 0.25) is 5.95 Å². The molecule has 0 saturated heterocycles. The second-order valence-electron chi connectivity index (χ2n) is 5.40. The van der Waals surface area contributed by atoms with Gasteiger partial charge in [0, 0.05) is 17.1 Å². The number of hydrogen-bond donors (Lipinski definition) is 0. The van der Waals surface area contributed by atoms with Gasteiger partial charge in [-0.1, -0.05) is 47.3 Å². The highest BCUT2D eigenvalue weighted by Gasteiger charge is 2.00. The molecule has 0 aliphatic rings. The second-order valence-corrected chi connectivity index (χ2v) is 5.40. The summed E-state index contributed by atoms with van der Waals surface area (Å²) in [6, 6.07) is 11.0. The molecule has 2 heterocycles. The van der Waals surface area contributed by atoms with Crippen LogP contribution >= 0.6 is 0 Å². The van der Waals surface area contributed by atoms with Crippen molar-refractivity contribution in [3.05, 3.63) is 59.4 Å². The lowest BCUT2D eigenvalue weighted by Crippen LogP contribution is -1.93. The Kier molecular flexibility index (Phi) is 8.44. The molecule has 2 aromatic heterocycles. The molecule has 0 aromatic carbocycles. The fraction of sp³-hybridized carbons (Fsp3) is 0.444. The van der Waals surface area contributed by atoms with Crippen molar-refractivity contribution < 1.29 is 4.39 Å². The summed E-state index contributed by atoms with van der Waals surface area (Å²) in [6.07, 6.45) is 0. The van der Waals surface area contributed by atoms with Crippen LogP contribution < -0.4 is 0 Å². The summed E-state index contributed by atoms with van der Waals surface area (Å²) < 4.78 is 12.4. The van der Waals surface area contributed by atoms with Crippen LogP contribution in [-0.2, 0) is 0 Å². The Hall–Kier alpha value is -1.77. The summed E-state index contributed by atoms with van der Waals surface area (Å²) in [6.45, 7) is 10.3. The molecular formula is C18H27FN2. The normalized spacial score (nSPS) is 9.90. The van der Waals surface area contributed by atoms with E-state index in [9.17, 15) is 4.39 Å². The average Bonchev–Trinajstić information content (AvgIpc) is 2.39. The van der Waals surface area contributed by atoms with Gasteiger partial charge in [0.05, 0.1) is 0 Å². The lowest BCUT2D eigenvalue weighted by atomic mass is 10.1. The molecule has 0 aliphatic heterocycles. The first-order valence-corrected chi connectivity index (χ1v) is 6.96. The third-order valence-corrected chi connectivity index (χ3v) is 2.83. The number of aryl methyl sites for hydroxylation is 1. The summed E-state index contributed by atoms with van der Waals surface area (Å²) >= 11 is 0. The molecule has 0 radical (unpaired) electrons. The topological polar surface area (TPSA) is 25.8 Å².